The van der Waals surface area contributed by atoms with Gasteiger partial charge in [0.05, 0.1) is 11.5 Å². The highest BCUT2D eigenvalue weighted by Crippen LogP contribution is 2.37. The summed E-state index contributed by atoms with van der Waals surface area (Å²) in [5, 5.41) is 0. The first kappa shape index (κ1) is 11.1. The second-order valence-electron chi connectivity index (χ2n) is 3.56. The van der Waals surface area contributed by atoms with E-state index in [-0.39, 0.29) is 11.5 Å². The third-order valence-corrected chi connectivity index (χ3v) is 3.87. The Bertz CT molecular complexity index is 164. The molecule has 1 aliphatic heterocycles. The Hall–Kier alpha value is -0.0200. The molecule has 0 radical (unpaired) electrons. The number of rotatable bonds is 4. The number of carbonyl (C=O) groups excluding carboxylic acids is 1. The van der Waals surface area contributed by atoms with Crippen molar-refractivity contribution >= 4 is 18.0 Å². The molecule has 1 atom stereocenters. The van der Waals surface area contributed by atoms with Gasteiger partial charge in [-0.25, -0.2) is 0 Å². The number of hydrogen-bond acceptors (Lipinski definition) is 3. The van der Waals surface area contributed by atoms with Crippen LogP contribution in [0.25, 0.3) is 0 Å². The molecule has 0 saturated carbocycles. The molecule has 0 aliphatic carbocycles. The van der Waals surface area contributed by atoms with E-state index in [0.717, 1.165) is 30.6 Å². The SMILES string of the molecule is CCOC(C)C1(C=O)CCSCC1. The summed E-state index contributed by atoms with van der Waals surface area (Å²) in [6, 6.07) is 0. The molecule has 2 nitrogen and oxygen atoms in total. The number of hydrogen-bond donors (Lipinski definition) is 0. The Morgan fingerprint density at radius 3 is 2.62 bits per heavy atom. The molecule has 0 aromatic carbocycles. The van der Waals surface area contributed by atoms with E-state index < -0.39 is 0 Å². The summed E-state index contributed by atoms with van der Waals surface area (Å²) in [7, 11) is 0. The topological polar surface area (TPSA) is 26.3 Å². The van der Waals surface area contributed by atoms with E-state index in [1.54, 1.807) is 0 Å². The van der Waals surface area contributed by atoms with Crippen molar-refractivity contribution in [2.24, 2.45) is 5.41 Å². The quantitative estimate of drug-likeness (QED) is 0.653. The van der Waals surface area contributed by atoms with Crippen LogP contribution in [0.2, 0.25) is 0 Å². The van der Waals surface area contributed by atoms with Crippen molar-refractivity contribution in [1.82, 2.24) is 0 Å². The van der Waals surface area contributed by atoms with Gasteiger partial charge < -0.3 is 9.53 Å². The third-order valence-electron chi connectivity index (χ3n) is 2.88. The lowest BCUT2D eigenvalue weighted by Crippen LogP contribution is -2.40. The van der Waals surface area contributed by atoms with Crippen LogP contribution in [0.1, 0.15) is 26.7 Å². The van der Waals surface area contributed by atoms with Crippen molar-refractivity contribution in [3.8, 4) is 0 Å². The molecular formula is C10H18O2S. The molecule has 0 spiro atoms. The number of thioether (sulfide) groups is 1. The first-order valence-electron chi connectivity index (χ1n) is 4.91. The Morgan fingerprint density at radius 2 is 2.15 bits per heavy atom. The molecule has 1 rings (SSSR count). The van der Waals surface area contributed by atoms with Crippen molar-refractivity contribution in [1.29, 1.82) is 0 Å². The molecule has 0 N–H and O–H groups in total. The van der Waals surface area contributed by atoms with Gasteiger partial charge in [-0.3, -0.25) is 0 Å². The monoisotopic (exact) mass is 202 g/mol. The minimum absolute atomic E-state index is 0.0795. The molecular weight excluding hydrogens is 184 g/mol. The van der Waals surface area contributed by atoms with Crippen LogP contribution in [0.4, 0.5) is 0 Å². The fourth-order valence-corrected chi connectivity index (χ4v) is 3.04. The molecule has 0 amide bonds. The highest BCUT2D eigenvalue weighted by molar-refractivity contribution is 7.99. The van der Waals surface area contributed by atoms with Gasteiger partial charge in [-0.2, -0.15) is 11.8 Å². The lowest BCUT2D eigenvalue weighted by Gasteiger charge is -2.36. The minimum atomic E-state index is -0.193. The van der Waals surface area contributed by atoms with Gasteiger partial charge in [0.2, 0.25) is 0 Å². The molecule has 76 valence electrons. The molecule has 1 unspecified atom stereocenters. The molecule has 0 aromatic heterocycles. The summed E-state index contributed by atoms with van der Waals surface area (Å²) in [5.41, 5.74) is -0.193. The van der Waals surface area contributed by atoms with Crippen molar-refractivity contribution in [2.45, 2.75) is 32.8 Å². The summed E-state index contributed by atoms with van der Waals surface area (Å²) in [5.74, 6) is 2.19. The molecule has 13 heavy (non-hydrogen) atoms. The molecule has 3 heteroatoms. The van der Waals surface area contributed by atoms with Gasteiger partial charge in [0.25, 0.3) is 0 Å². The van der Waals surface area contributed by atoms with Crippen molar-refractivity contribution in [2.75, 3.05) is 18.1 Å². The minimum Gasteiger partial charge on any atom is -0.378 e. The molecule has 0 aromatic rings. The van der Waals surface area contributed by atoms with Gasteiger partial charge in [0.1, 0.15) is 6.29 Å². The van der Waals surface area contributed by atoms with Crippen LogP contribution in [0.5, 0.6) is 0 Å². The van der Waals surface area contributed by atoms with Crippen molar-refractivity contribution in [3.05, 3.63) is 0 Å². The fourth-order valence-electron chi connectivity index (χ4n) is 1.79. The summed E-state index contributed by atoms with van der Waals surface area (Å²) in [6.07, 6.45) is 3.15. The second-order valence-corrected chi connectivity index (χ2v) is 4.79. The largest absolute Gasteiger partial charge is 0.378 e. The average Bonchev–Trinajstić information content (AvgIpc) is 2.19. The van der Waals surface area contributed by atoms with Crippen LogP contribution in [0.15, 0.2) is 0 Å². The van der Waals surface area contributed by atoms with Gasteiger partial charge >= 0.3 is 0 Å². The van der Waals surface area contributed by atoms with E-state index in [2.05, 4.69) is 0 Å². The van der Waals surface area contributed by atoms with Gasteiger partial charge in [0, 0.05) is 6.61 Å². The first-order chi connectivity index (χ1) is 6.25. The zero-order valence-electron chi connectivity index (χ0n) is 8.41. The maximum atomic E-state index is 11.1. The van der Waals surface area contributed by atoms with E-state index in [1.807, 2.05) is 25.6 Å². The number of aldehydes is 1. The van der Waals surface area contributed by atoms with Crippen LogP contribution in [0.3, 0.4) is 0 Å². The zero-order chi connectivity index (χ0) is 9.73. The highest BCUT2D eigenvalue weighted by Gasteiger charge is 2.37. The first-order valence-corrected chi connectivity index (χ1v) is 6.06. The van der Waals surface area contributed by atoms with Crippen LogP contribution < -0.4 is 0 Å². The van der Waals surface area contributed by atoms with Gasteiger partial charge in [-0.1, -0.05) is 0 Å². The summed E-state index contributed by atoms with van der Waals surface area (Å²) in [6.45, 7) is 4.70. The average molecular weight is 202 g/mol. The fraction of sp³-hybridized carbons (Fsp3) is 0.900. The Morgan fingerprint density at radius 1 is 1.54 bits per heavy atom. The second kappa shape index (κ2) is 5.01. The molecule has 0 bridgehead atoms. The summed E-state index contributed by atoms with van der Waals surface area (Å²) < 4.78 is 5.54. The Balaban J connectivity index is 2.60. The molecule has 1 aliphatic rings. The van der Waals surface area contributed by atoms with E-state index in [4.69, 9.17) is 4.74 Å². The van der Waals surface area contributed by atoms with E-state index >= 15 is 0 Å². The molecule has 1 heterocycles. The predicted octanol–water partition coefficient (Wildman–Crippen LogP) is 2.12. The standard InChI is InChI=1S/C10H18O2S/c1-3-12-9(2)10(8-11)4-6-13-7-5-10/h8-9H,3-7H2,1-2H3. The van der Waals surface area contributed by atoms with Crippen molar-refractivity contribution in [3.63, 3.8) is 0 Å². The lowest BCUT2D eigenvalue weighted by molar-refractivity contribution is -0.125. The van der Waals surface area contributed by atoms with E-state index in [0.29, 0.717) is 6.61 Å². The van der Waals surface area contributed by atoms with Crippen molar-refractivity contribution < 1.29 is 9.53 Å². The van der Waals surface area contributed by atoms with Gasteiger partial charge in [0.15, 0.2) is 0 Å². The van der Waals surface area contributed by atoms with Crippen LogP contribution in [-0.4, -0.2) is 30.5 Å². The van der Waals surface area contributed by atoms with Crippen LogP contribution >= 0.6 is 11.8 Å². The third kappa shape index (κ3) is 2.47. The Kier molecular flexibility index (Phi) is 4.26. The van der Waals surface area contributed by atoms with Gasteiger partial charge in [-0.15, -0.1) is 0 Å². The summed E-state index contributed by atoms with van der Waals surface area (Å²) in [4.78, 5) is 11.1. The van der Waals surface area contributed by atoms with E-state index in [1.165, 1.54) is 0 Å². The van der Waals surface area contributed by atoms with E-state index in [9.17, 15) is 4.79 Å². The number of carbonyl (C=O) groups is 1. The predicted molar refractivity (Wildman–Crippen MR) is 56.1 cm³/mol. The maximum Gasteiger partial charge on any atom is 0.128 e. The smallest absolute Gasteiger partial charge is 0.128 e. The Labute approximate surface area is 84.4 Å². The zero-order valence-corrected chi connectivity index (χ0v) is 9.23. The highest BCUT2D eigenvalue weighted by atomic mass is 32.2. The van der Waals surface area contributed by atoms with Crippen LogP contribution in [-0.2, 0) is 9.53 Å². The van der Waals surface area contributed by atoms with Gasteiger partial charge in [-0.05, 0) is 38.2 Å². The number of ether oxygens (including phenoxy) is 1. The molecule has 1 saturated heterocycles. The molecule has 1 fully saturated rings. The van der Waals surface area contributed by atoms with Crippen LogP contribution in [0, 0.1) is 5.41 Å². The summed E-state index contributed by atoms with van der Waals surface area (Å²) >= 11 is 1.93. The normalized spacial score (nSPS) is 23.8. The maximum absolute atomic E-state index is 11.1. The lowest BCUT2D eigenvalue weighted by atomic mass is 9.79.